The van der Waals surface area contributed by atoms with Crippen molar-refractivity contribution in [2.24, 2.45) is 0 Å². The first kappa shape index (κ1) is 30.5. The number of carbonyl (C=O) groups is 1. The number of halogens is 1. The highest BCUT2D eigenvalue weighted by Crippen LogP contribution is 2.42. The van der Waals surface area contributed by atoms with Gasteiger partial charge in [-0.15, -0.1) is 11.3 Å². The third-order valence-corrected chi connectivity index (χ3v) is 8.22. The molecule has 0 unspecified atom stereocenters. The fourth-order valence-electron chi connectivity index (χ4n) is 4.89. The van der Waals surface area contributed by atoms with E-state index in [0.29, 0.717) is 11.6 Å². The first-order valence-electron chi connectivity index (χ1n) is 14.0. The molecule has 9 heteroatoms. The quantitative estimate of drug-likeness (QED) is 0.208. The van der Waals surface area contributed by atoms with Gasteiger partial charge < -0.3 is 19.8 Å². The summed E-state index contributed by atoms with van der Waals surface area (Å²) in [4.78, 5) is 23.6. The number of thiazole rings is 1. The Hall–Kier alpha value is -3.98. The number of benzene rings is 3. The van der Waals surface area contributed by atoms with E-state index >= 15 is 0 Å². The zero-order valence-corrected chi connectivity index (χ0v) is 26.4. The number of rotatable bonds is 5. The minimum Gasteiger partial charge on any atom is -0.490 e. The molecule has 0 atom stereocenters. The molecule has 2 N–H and O–H groups in total. The fraction of sp³-hybridized carbons (Fsp3) is 0.265. The van der Waals surface area contributed by atoms with E-state index in [-0.39, 0.29) is 6.42 Å². The highest BCUT2D eigenvalue weighted by Gasteiger charge is 2.20. The molecule has 3 heterocycles. The molecule has 0 spiro atoms. The van der Waals surface area contributed by atoms with Crippen LogP contribution in [0.3, 0.4) is 0 Å². The molecule has 7 nitrogen and oxygen atoms in total. The molecule has 2 aromatic heterocycles. The maximum atomic E-state index is 11.8. The molecule has 0 bridgehead atoms. The van der Waals surface area contributed by atoms with Crippen molar-refractivity contribution >= 4 is 44.8 Å². The van der Waals surface area contributed by atoms with E-state index in [4.69, 9.17) is 26.4 Å². The van der Waals surface area contributed by atoms with Gasteiger partial charge in [0.15, 0.2) is 0 Å². The second-order valence-electron chi connectivity index (χ2n) is 11.5. The number of fused-ring (bicyclic) bond motifs is 2. The van der Waals surface area contributed by atoms with Gasteiger partial charge in [-0.3, -0.25) is 9.78 Å². The number of aromatic nitrogens is 2. The summed E-state index contributed by atoms with van der Waals surface area (Å²) in [6.07, 6.45) is 1.74. The standard InChI is InChI=1S/C30H24ClN3O3S.C4H10O/c1-17-13-24-29(28(22(17)16-27(35)36)18-3-6-21(31)7-4-18)38-30(33-24)20-9-10-32-23(14-20)19-5-8-26-25(15-19)34(2)11-12-37-26;1-4(2,3)5/h3-10,13-15H,11-12,16H2,1-2H3,(H,35,36);5H,1-3H3. The normalized spacial score (nSPS) is 12.8. The van der Waals surface area contributed by atoms with Crippen LogP contribution >= 0.6 is 22.9 Å². The number of aliphatic hydroxyl groups is 1. The maximum Gasteiger partial charge on any atom is 0.307 e. The molecule has 0 aliphatic carbocycles. The van der Waals surface area contributed by atoms with Gasteiger partial charge in [-0.1, -0.05) is 23.7 Å². The molecule has 43 heavy (non-hydrogen) atoms. The molecule has 0 fully saturated rings. The van der Waals surface area contributed by atoms with Crippen molar-refractivity contribution in [1.29, 1.82) is 0 Å². The van der Waals surface area contributed by atoms with Crippen LogP contribution in [0.5, 0.6) is 5.75 Å². The van der Waals surface area contributed by atoms with Gasteiger partial charge in [0, 0.05) is 35.0 Å². The minimum atomic E-state index is -0.868. The molecule has 0 saturated carbocycles. The maximum absolute atomic E-state index is 11.8. The summed E-state index contributed by atoms with van der Waals surface area (Å²) in [5, 5.41) is 19.6. The molecule has 3 aromatic carbocycles. The lowest BCUT2D eigenvalue weighted by Gasteiger charge is -2.28. The van der Waals surface area contributed by atoms with Crippen molar-refractivity contribution in [3.05, 3.63) is 83.0 Å². The van der Waals surface area contributed by atoms with Crippen LogP contribution in [0.1, 0.15) is 31.9 Å². The Bertz CT molecular complexity index is 1790. The summed E-state index contributed by atoms with van der Waals surface area (Å²) in [5.41, 5.74) is 7.71. The van der Waals surface area contributed by atoms with Crippen LogP contribution in [0.4, 0.5) is 5.69 Å². The number of pyridine rings is 1. The molecule has 0 radical (unpaired) electrons. The third-order valence-electron chi connectivity index (χ3n) is 6.83. The van der Waals surface area contributed by atoms with E-state index in [2.05, 4.69) is 29.1 Å². The van der Waals surface area contributed by atoms with Crippen LogP contribution in [0.25, 0.3) is 43.2 Å². The summed E-state index contributed by atoms with van der Waals surface area (Å²) < 4.78 is 6.75. The average molecular weight is 616 g/mol. The van der Waals surface area contributed by atoms with E-state index in [1.807, 2.05) is 55.5 Å². The Labute approximate surface area is 260 Å². The lowest BCUT2D eigenvalue weighted by Crippen LogP contribution is -2.28. The topological polar surface area (TPSA) is 95.8 Å². The van der Waals surface area contributed by atoms with Gasteiger partial charge in [-0.2, -0.15) is 0 Å². The van der Waals surface area contributed by atoms with Crippen molar-refractivity contribution in [3.8, 4) is 38.7 Å². The number of likely N-dealkylation sites (N-methyl/N-ethyl adjacent to an activating group) is 1. The zero-order chi connectivity index (χ0) is 30.9. The molecule has 6 rings (SSSR count). The molecular weight excluding hydrogens is 582 g/mol. The number of nitrogens with zero attached hydrogens (tertiary/aromatic N) is 3. The molecular formula is C34H34ClN3O4S. The lowest BCUT2D eigenvalue weighted by molar-refractivity contribution is -0.136. The van der Waals surface area contributed by atoms with Crippen LogP contribution in [-0.2, 0) is 11.2 Å². The van der Waals surface area contributed by atoms with Gasteiger partial charge in [0.25, 0.3) is 0 Å². The first-order chi connectivity index (χ1) is 20.4. The van der Waals surface area contributed by atoms with Crippen LogP contribution in [0.2, 0.25) is 5.02 Å². The van der Waals surface area contributed by atoms with E-state index in [1.54, 1.807) is 38.3 Å². The lowest BCUT2D eigenvalue weighted by atomic mass is 9.93. The number of hydrogen-bond acceptors (Lipinski definition) is 7. The van der Waals surface area contributed by atoms with Crippen molar-refractivity contribution < 1.29 is 19.7 Å². The minimum absolute atomic E-state index is 0.0666. The Kier molecular flexibility index (Phi) is 8.74. The van der Waals surface area contributed by atoms with Crippen molar-refractivity contribution in [3.63, 3.8) is 0 Å². The van der Waals surface area contributed by atoms with Crippen molar-refractivity contribution in [2.45, 2.75) is 39.7 Å². The molecule has 0 amide bonds. The van der Waals surface area contributed by atoms with Crippen LogP contribution in [0.15, 0.2) is 66.9 Å². The Morgan fingerprint density at radius 3 is 2.44 bits per heavy atom. The number of aliphatic carboxylic acids is 1. The smallest absolute Gasteiger partial charge is 0.307 e. The molecule has 1 aliphatic heterocycles. The van der Waals surface area contributed by atoms with Gasteiger partial charge in [-0.25, -0.2) is 4.98 Å². The second-order valence-corrected chi connectivity index (χ2v) is 13.0. The molecule has 0 saturated heterocycles. The Morgan fingerprint density at radius 1 is 1.05 bits per heavy atom. The first-order valence-corrected chi connectivity index (χ1v) is 15.1. The van der Waals surface area contributed by atoms with Gasteiger partial charge in [-0.05, 0) is 92.9 Å². The van der Waals surface area contributed by atoms with E-state index in [1.165, 1.54) is 0 Å². The summed E-state index contributed by atoms with van der Waals surface area (Å²) in [6, 6.07) is 19.7. The number of aryl methyl sites for hydroxylation is 1. The number of carboxylic acid groups (broad SMARTS) is 1. The number of ether oxygens (including phenoxy) is 1. The van der Waals surface area contributed by atoms with E-state index < -0.39 is 11.6 Å². The van der Waals surface area contributed by atoms with Gasteiger partial charge in [0.2, 0.25) is 0 Å². The SMILES string of the molecule is CC(C)(C)O.Cc1cc2nc(-c3ccnc(-c4ccc5c(c4)N(C)CCO5)c3)sc2c(-c2ccc(Cl)cc2)c1CC(=O)O. The summed E-state index contributed by atoms with van der Waals surface area (Å²) in [6.45, 7) is 8.69. The van der Waals surface area contributed by atoms with E-state index in [0.717, 1.165) is 72.3 Å². The van der Waals surface area contributed by atoms with Crippen molar-refractivity contribution in [2.75, 3.05) is 25.1 Å². The monoisotopic (exact) mass is 615 g/mol. The van der Waals surface area contributed by atoms with Gasteiger partial charge in [0.1, 0.15) is 17.4 Å². The van der Waals surface area contributed by atoms with Crippen LogP contribution in [-0.4, -0.2) is 52.0 Å². The second kappa shape index (κ2) is 12.3. The fourth-order valence-corrected chi connectivity index (χ4v) is 6.15. The molecule has 222 valence electrons. The van der Waals surface area contributed by atoms with Gasteiger partial charge >= 0.3 is 5.97 Å². The highest BCUT2D eigenvalue weighted by atomic mass is 35.5. The predicted molar refractivity (Wildman–Crippen MR) is 176 cm³/mol. The average Bonchev–Trinajstić information content (AvgIpc) is 3.37. The van der Waals surface area contributed by atoms with Crippen molar-refractivity contribution in [1.82, 2.24) is 9.97 Å². The van der Waals surface area contributed by atoms with Crippen LogP contribution in [0, 0.1) is 6.92 Å². The predicted octanol–water partition coefficient (Wildman–Crippen LogP) is 7.89. The molecule has 5 aromatic rings. The zero-order valence-electron chi connectivity index (χ0n) is 24.8. The third kappa shape index (κ3) is 7.16. The number of anilines is 1. The largest absolute Gasteiger partial charge is 0.490 e. The van der Waals surface area contributed by atoms with E-state index in [9.17, 15) is 9.90 Å². The molecule has 1 aliphatic rings. The number of carboxylic acids is 1. The summed E-state index contributed by atoms with van der Waals surface area (Å²) in [7, 11) is 2.06. The Balaban J connectivity index is 0.000000682. The summed E-state index contributed by atoms with van der Waals surface area (Å²) >= 11 is 7.71. The number of hydrogen-bond donors (Lipinski definition) is 2. The Morgan fingerprint density at radius 2 is 1.74 bits per heavy atom. The van der Waals surface area contributed by atoms with Crippen LogP contribution < -0.4 is 9.64 Å². The summed E-state index contributed by atoms with van der Waals surface area (Å²) in [5.74, 6) is 0.0133. The van der Waals surface area contributed by atoms with Gasteiger partial charge in [0.05, 0.1) is 40.2 Å². The highest BCUT2D eigenvalue weighted by molar-refractivity contribution is 7.22.